The van der Waals surface area contributed by atoms with Crippen LogP contribution < -0.4 is 10.5 Å². The van der Waals surface area contributed by atoms with Crippen LogP contribution in [0, 0.1) is 5.82 Å². The number of nitrogens with two attached hydrogens (primary N) is 1. The molecule has 0 bridgehead atoms. The monoisotopic (exact) mass is 360 g/mol. The zero-order valence-electron chi connectivity index (χ0n) is 13.8. The third-order valence-corrected chi connectivity index (χ3v) is 5.43. The number of hydrogen-bond donors (Lipinski definition) is 1. The molecule has 4 nitrogen and oxygen atoms in total. The molecule has 25 heavy (non-hydrogen) atoms. The van der Waals surface area contributed by atoms with Crippen molar-refractivity contribution in [3.63, 3.8) is 0 Å². The Morgan fingerprint density at radius 1 is 1.32 bits per heavy atom. The smallest absolute Gasteiger partial charge is 0.256 e. The molecule has 2 N–H and O–H groups in total. The van der Waals surface area contributed by atoms with E-state index in [4.69, 9.17) is 22.1 Å². The molecule has 0 saturated heterocycles. The Kier molecular flexibility index (Phi) is 3.65. The third kappa shape index (κ3) is 2.63. The van der Waals surface area contributed by atoms with Gasteiger partial charge >= 0.3 is 0 Å². The second-order valence-electron chi connectivity index (χ2n) is 6.81. The van der Waals surface area contributed by atoms with Crippen LogP contribution in [0.15, 0.2) is 30.3 Å². The minimum absolute atomic E-state index is 0.0241. The summed E-state index contributed by atoms with van der Waals surface area (Å²) in [6, 6.07) is 8.52. The lowest BCUT2D eigenvalue weighted by Crippen LogP contribution is -2.42. The van der Waals surface area contributed by atoms with Crippen molar-refractivity contribution < 1.29 is 13.9 Å². The zero-order valence-corrected chi connectivity index (χ0v) is 14.6. The van der Waals surface area contributed by atoms with Crippen LogP contribution >= 0.6 is 11.6 Å². The van der Waals surface area contributed by atoms with Crippen molar-refractivity contribution in [3.8, 4) is 5.75 Å². The third-order valence-electron chi connectivity index (χ3n) is 5.21. The predicted octanol–water partition coefficient (Wildman–Crippen LogP) is 3.76. The fourth-order valence-electron chi connectivity index (χ4n) is 3.68. The van der Waals surface area contributed by atoms with Crippen molar-refractivity contribution in [1.29, 1.82) is 0 Å². The van der Waals surface area contributed by atoms with Crippen molar-refractivity contribution >= 4 is 23.2 Å². The molecule has 1 heterocycles. The Hall–Kier alpha value is -2.27. The fraction of sp³-hybridized carbons (Fsp3) is 0.316. The van der Waals surface area contributed by atoms with E-state index < -0.39 is 5.82 Å². The summed E-state index contributed by atoms with van der Waals surface area (Å²) in [5, 5.41) is 0.165. The van der Waals surface area contributed by atoms with E-state index >= 15 is 0 Å². The van der Waals surface area contributed by atoms with Gasteiger partial charge in [-0.05, 0) is 48.2 Å². The molecule has 130 valence electrons. The topological polar surface area (TPSA) is 55.6 Å². The Morgan fingerprint density at radius 2 is 2.08 bits per heavy atom. The van der Waals surface area contributed by atoms with E-state index in [0.29, 0.717) is 13.1 Å². The minimum atomic E-state index is -0.667. The fourth-order valence-corrected chi connectivity index (χ4v) is 3.89. The highest BCUT2D eigenvalue weighted by Crippen LogP contribution is 2.53. The Bertz CT molecular complexity index is 880. The molecule has 1 aliphatic carbocycles. The minimum Gasteiger partial charge on any atom is -0.497 e. The lowest BCUT2D eigenvalue weighted by atomic mass is 9.86. The number of anilines is 1. The van der Waals surface area contributed by atoms with Gasteiger partial charge < -0.3 is 15.4 Å². The van der Waals surface area contributed by atoms with E-state index in [1.54, 1.807) is 12.0 Å². The van der Waals surface area contributed by atoms with Crippen LogP contribution in [0.3, 0.4) is 0 Å². The predicted molar refractivity (Wildman–Crippen MR) is 94.5 cm³/mol. The van der Waals surface area contributed by atoms with Crippen molar-refractivity contribution in [2.24, 2.45) is 0 Å². The summed E-state index contributed by atoms with van der Waals surface area (Å²) in [4.78, 5) is 14.7. The maximum atomic E-state index is 13.9. The van der Waals surface area contributed by atoms with Gasteiger partial charge in [-0.1, -0.05) is 17.7 Å². The van der Waals surface area contributed by atoms with Crippen LogP contribution in [0.2, 0.25) is 5.02 Å². The first-order valence-electron chi connectivity index (χ1n) is 8.15. The molecule has 1 aliphatic heterocycles. The van der Waals surface area contributed by atoms with E-state index in [0.717, 1.165) is 30.2 Å². The van der Waals surface area contributed by atoms with E-state index in [1.807, 2.05) is 12.1 Å². The van der Waals surface area contributed by atoms with E-state index in [-0.39, 0.29) is 27.6 Å². The summed E-state index contributed by atoms with van der Waals surface area (Å²) in [7, 11) is 1.65. The van der Waals surface area contributed by atoms with Crippen LogP contribution in [-0.4, -0.2) is 24.5 Å². The molecule has 1 saturated carbocycles. The molecule has 0 unspecified atom stereocenters. The molecule has 2 aromatic carbocycles. The summed E-state index contributed by atoms with van der Waals surface area (Å²) in [6.07, 6.45) is 2.05. The van der Waals surface area contributed by atoms with Gasteiger partial charge in [-0.3, -0.25) is 4.79 Å². The lowest BCUT2D eigenvalue weighted by Gasteiger charge is -2.35. The van der Waals surface area contributed by atoms with Crippen LogP contribution in [0.25, 0.3) is 0 Å². The van der Waals surface area contributed by atoms with Crippen LogP contribution in [0.4, 0.5) is 10.1 Å². The molecule has 1 fully saturated rings. The van der Waals surface area contributed by atoms with E-state index in [1.165, 1.54) is 11.6 Å². The average molecular weight is 361 g/mol. The number of amides is 1. The number of carbonyl (C=O) groups excluding carboxylic acids is 1. The van der Waals surface area contributed by atoms with Gasteiger partial charge in [0, 0.05) is 23.5 Å². The maximum absolute atomic E-state index is 13.9. The molecule has 0 aromatic heterocycles. The van der Waals surface area contributed by atoms with Crippen LogP contribution in [0.5, 0.6) is 5.75 Å². The van der Waals surface area contributed by atoms with Gasteiger partial charge in [-0.25, -0.2) is 4.39 Å². The zero-order chi connectivity index (χ0) is 17.8. The highest BCUT2D eigenvalue weighted by molar-refractivity contribution is 6.31. The highest BCUT2D eigenvalue weighted by atomic mass is 35.5. The van der Waals surface area contributed by atoms with E-state index in [2.05, 4.69) is 6.07 Å². The SMILES string of the molecule is COc1ccc2c(c1)C1(CC1)CN(C(=O)c1cc(Cl)cc(F)c1N)C2. The van der Waals surface area contributed by atoms with Gasteiger partial charge in [0.25, 0.3) is 5.91 Å². The van der Waals surface area contributed by atoms with Crippen molar-refractivity contribution in [3.05, 3.63) is 57.9 Å². The van der Waals surface area contributed by atoms with Crippen LogP contribution in [0.1, 0.15) is 34.3 Å². The van der Waals surface area contributed by atoms with Crippen molar-refractivity contribution in [1.82, 2.24) is 4.90 Å². The summed E-state index contributed by atoms with van der Waals surface area (Å²) in [5.41, 5.74) is 8.07. The number of rotatable bonds is 2. The standard InChI is InChI=1S/C19H18ClFN2O2/c1-25-13-3-2-11-9-23(10-19(4-5-19)15(11)8-13)18(24)14-6-12(20)7-16(21)17(14)22/h2-3,6-8H,4-5,9-10,22H2,1H3. The molecule has 0 radical (unpaired) electrons. The van der Waals surface area contributed by atoms with E-state index in [9.17, 15) is 9.18 Å². The average Bonchev–Trinajstić information content (AvgIpc) is 3.37. The second-order valence-corrected chi connectivity index (χ2v) is 7.25. The van der Waals surface area contributed by atoms with Gasteiger partial charge in [0.2, 0.25) is 0 Å². The first-order valence-corrected chi connectivity index (χ1v) is 8.52. The van der Waals surface area contributed by atoms with Gasteiger partial charge in [0.1, 0.15) is 11.6 Å². The summed E-state index contributed by atoms with van der Waals surface area (Å²) in [5.74, 6) is -0.128. The summed E-state index contributed by atoms with van der Waals surface area (Å²) in [6.45, 7) is 1.06. The molecular formula is C19H18ClFN2O2. The quantitative estimate of drug-likeness (QED) is 0.830. The van der Waals surface area contributed by atoms with Gasteiger partial charge in [-0.15, -0.1) is 0 Å². The Labute approximate surface area is 150 Å². The largest absolute Gasteiger partial charge is 0.497 e. The number of methoxy groups -OCH3 is 1. The number of fused-ring (bicyclic) bond motifs is 2. The van der Waals surface area contributed by atoms with Crippen molar-refractivity contribution in [2.75, 3.05) is 19.4 Å². The molecule has 2 aromatic rings. The lowest BCUT2D eigenvalue weighted by molar-refractivity contribution is 0.0710. The number of hydrogen-bond acceptors (Lipinski definition) is 3. The molecular weight excluding hydrogens is 343 g/mol. The normalized spacial score (nSPS) is 17.3. The second kappa shape index (κ2) is 5.63. The van der Waals surface area contributed by atoms with Crippen LogP contribution in [-0.2, 0) is 12.0 Å². The Morgan fingerprint density at radius 3 is 2.76 bits per heavy atom. The Balaban J connectivity index is 1.70. The first kappa shape index (κ1) is 16.2. The molecule has 4 rings (SSSR count). The first-order chi connectivity index (χ1) is 11.9. The molecule has 6 heteroatoms. The van der Waals surface area contributed by atoms with Gasteiger partial charge in [0.15, 0.2) is 0 Å². The molecule has 1 amide bonds. The molecule has 1 spiro atoms. The van der Waals surface area contributed by atoms with Crippen molar-refractivity contribution in [2.45, 2.75) is 24.8 Å². The van der Waals surface area contributed by atoms with Gasteiger partial charge in [0.05, 0.1) is 18.4 Å². The number of nitrogen functional groups attached to an aromatic ring is 1. The number of nitrogens with zero attached hydrogens (tertiary/aromatic N) is 1. The van der Waals surface area contributed by atoms with Gasteiger partial charge in [-0.2, -0.15) is 0 Å². The number of benzene rings is 2. The summed E-state index contributed by atoms with van der Waals surface area (Å²) < 4.78 is 19.2. The number of ether oxygens (including phenoxy) is 1. The molecule has 0 atom stereocenters. The maximum Gasteiger partial charge on any atom is 0.256 e. The number of carbonyl (C=O) groups is 1. The molecule has 2 aliphatic rings. The summed E-state index contributed by atoms with van der Waals surface area (Å²) >= 11 is 5.91. The number of halogens is 2. The highest BCUT2D eigenvalue weighted by Gasteiger charge is 2.50.